The Morgan fingerprint density at radius 2 is 1.92 bits per heavy atom. The van der Waals surface area contributed by atoms with E-state index in [1.807, 2.05) is 56.8 Å². The number of fused-ring (bicyclic) bond motifs is 1. The van der Waals surface area contributed by atoms with E-state index in [-0.39, 0.29) is 0 Å². The van der Waals surface area contributed by atoms with E-state index in [9.17, 15) is 0 Å². The molecule has 0 fully saturated rings. The van der Waals surface area contributed by atoms with E-state index >= 15 is 0 Å². The van der Waals surface area contributed by atoms with Gasteiger partial charge in [0.2, 0.25) is 0 Å². The van der Waals surface area contributed by atoms with Gasteiger partial charge in [-0.1, -0.05) is 30.3 Å². The summed E-state index contributed by atoms with van der Waals surface area (Å²) in [5.74, 6) is 0.846. The maximum Gasteiger partial charge on any atom is 0.196 e. The summed E-state index contributed by atoms with van der Waals surface area (Å²) in [4.78, 5) is 15.1. The summed E-state index contributed by atoms with van der Waals surface area (Å²) in [5.41, 5.74) is 4.76. The van der Waals surface area contributed by atoms with Crippen LogP contribution in [0, 0.1) is 0 Å². The summed E-state index contributed by atoms with van der Waals surface area (Å²) in [7, 11) is 1.90. The van der Waals surface area contributed by atoms with Gasteiger partial charge in [0.15, 0.2) is 11.5 Å². The second-order valence-electron chi connectivity index (χ2n) is 5.87. The van der Waals surface area contributed by atoms with Crippen LogP contribution in [-0.2, 0) is 13.5 Å². The molecule has 0 amide bonds. The highest BCUT2D eigenvalue weighted by Gasteiger charge is 2.15. The first-order valence-electron chi connectivity index (χ1n) is 8.28. The highest BCUT2D eigenvalue weighted by molar-refractivity contribution is 5.78. The van der Waals surface area contributed by atoms with E-state index in [0.29, 0.717) is 13.0 Å². The lowest BCUT2D eigenvalue weighted by Crippen LogP contribution is -2.15. The molecule has 0 bridgehead atoms. The quantitative estimate of drug-likeness (QED) is 0.563. The molecule has 3 aromatic heterocycles. The Hall–Kier alpha value is -3.15. The summed E-state index contributed by atoms with van der Waals surface area (Å²) in [5, 5.41) is 4.22. The van der Waals surface area contributed by atoms with Crippen LogP contribution in [-0.4, -0.2) is 31.1 Å². The van der Waals surface area contributed by atoms with Gasteiger partial charge < -0.3 is 4.84 Å². The number of hydrogen-bond donors (Lipinski definition) is 0. The molecule has 0 saturated heterocycles. The molecule has 126 valence electrons. The SMILES string of the molecule is CCOn1c(Cc2ccccc2)nc2cc(-c3cnn(C)c3)cnc21. The van der Waals surface area contributed by atoms with E-state index in [1.165, 1.54) is 5.56 Å². The third-order valence-electron chi connectivity index (χ3n) is 4.03. The molecule has 0 aliphatic rings. The summed E-state index contributed by atoms with van der Waals surface area (Å²) in [6.45, 7) is 2.52. The predicted octanol–water partition coefficient (Wildman–Crippen LogP) is 2.87. The molecule has 0 unspecified atom stereocenters. The zero-order chi connectivity index (χ0) is 17.2. The highest BCUT2D eigenvalue weighted by Crippen LogP contribution is 2.23. The zero-order valence-corrected chi connectivity index (χ0v) is 14.3. The minimum absolute atomic E-state index is 0.555. The Bertz CT molecular complexity index is 1000. The van der Waals surface area contributed by atoms with Gasteiger partial charge >= 0.3 is 0 Å². The molecule has 0 atom stereocenters. The molecule has 0 saturated carbocycles. The van der Waals surface area contributed by atoms with Crippen molar-refractivity contribution >= 4 is 11.2 Å². The fourth-order valence-corrected chi connectivity index (χ4v) is 2.87. The lowest BCUT2D eigenvalue weighted by atomic mass is 10.1. The van der Waals surface area contributed by atoms with E-state index in [4.69, 9.17) is 9.82 Å². The summed E-state index contributed by atoms with van der Waals surface area (Å²) < 4.78 is 3.52. The average molecular weight is 333 g/mol. The Balaban J connectivity index is 1.78. The van der Waals surface area contributed by atoms with E-state index < -0.39 is 0 Å². The van der Waals surface area contributed by atoms with Gasteiger partial charge in [-0.15, -0.1) is 4.73 Å². The normalized spacial score (nSPS) is 11.1. The minimum Gasteiger partial charge on any atom is -0.411 e. The predicted molar refractivity (Wildman–Crippen MR) is 96.1 cm³/mol. The first-order chi connectivity index (χ1) is 12.2. The van der Waals surface area contributed by atoms with Crippen LogP contribution < -0.4 is 4.84 Å². The lowest BCUT2D eigenvalue weighted by Gasteiger charge is -2.08. The number of aromatic nitrogens is 5. The Morgan fingerprint density at radius 3 is 2.64 bits per heavy atom. The number of hydrogen-bond acceptors (Lipinski definition) is 4. The second-order valence-corrected chi connectivity index (χ2v) is 5.87. The maximum absolute atomic E-state index is 5.79. The summed E-state index contributed by atoms with van der Waals surface area (Å²) in [6.07, 6.45) is 6.32. The molecule has 0 aliphatic carbocycles. The third-order valence-corrected chi connectivity index (χ3v) is 4.03. The molecular formula is C19H19N5O. The topological polar surface area (TPSA) is 57.8 Å². The van der Waals surface area contributed by atoms with Gasteiger partial charge in [-0.2, -0.15) is 5.10 Å². The van der Waals surface area contributed by atoms with Gasteiger partial charge in [0.25, 0.3) is 0 Å². The van der Waals surface area contributed by atoms with Crippen molar-refractivity contribution in [1.29, 1.82) is 0 Å². The first kappa shape index (κ1) is 15.4. The zero-order valence-electron chi connectivity index (χ0n) is 14.3. The summed E-state index contributed by atoms with van der Waals surface area (Å²) in [6, 6.07) is 12.3. The van der Waals surface area contributed by atoms with Gasteiger partial charge in [-0.25, -0.2) is 9.97 Å². The highest BCUT2D eigenvalue weighted by atomic mass is 16.7. The van der Waals surface area contributed by atoms with E-state index in [1.54, 1.807) is 9.41 Å². The molecule has 3 heterocycles. The molecule has 6 nitrogen and oxygen atoms in total. The van der Waals surface area contributed by atoms with Crippen molar-refractivity contribution in [2.24, 2.45) is 7.05 Å². The molecule has 0 aliphatic heterocycles. The van der Waals surface area contributed by atoms with Crippen molar-refractivity contribution in [1.82, 2.24) is 24.5 Å². The molecule has 0 radical (unpaired) electrons. The number of imidazole rings is 1. The number of benzene rings is 1. The molecule has 6 heteroatoms. The van der Waals surface area contributed by atoms with Gasteiger partial charge in [0.05, 0.1) is 6.20 Å². The van der Waals surface area contributed by atoms with Gasteiger partial charge in [0, 0.05) is 37.0 Å². The van der Waals surface area contributed by atoms with Crippen molar-refractivity contribution < 1.29 is 4.84 Å². The molecule has 0 N–H and O–H groups in total. The maximum atomic E-state index is 5.79. The molecule has 0 spiro atoms. The average Bonchev–Trinajstić information content (AvgIpc) is 3.20. The molecular weight excluding hydrogens is 314 g/mol. The standard InChI is InChI=1S/C19H19N5O/c1-3-25-24-18(9-14-7-5-4-6-8-14)22-17-10-15(11-20-19(17)24)16-12-21-23(2)13-16/h4-8,10-13H,3,9H2,1-2H3. The van der Waals surface area contributed by atoms with Crippen LogP contribution in [0.4, 0.5) is 0 Å². The second kappa shape index (κ2) is 6.39. The van der Waals surface area contributed by atoms with Crippen molar-refractivity contribution in [3.63, 3.8) is 0 Å². The van der Waals surface area contributed by atoms with Crippen LogP contribution in [0.25, 0.3) is 22.3 Å². The van der Waals surface area contributed by atoms with Crippen LogP contribution in [0.1, 0.15) is 18.3 Å². The van der Waals surface area contributed by atoms with Crippen LogP contribution in [0.3, 0.4) is 0 Å². The van der Waals surface area contributed by atoms with Crippen LogP contribution in [0.5, 0.6) is 0 Å². The number of aryl methyl sites for hydroxylation is 1. The van der Waals surface area contributed by atoms with Crippen LogP contribution in [0.15, 0.2) is 55.0 Å². The molecule has 1 aromatic carbocycles. The van der Waals surface area contributed by atoms with Crippen molar-refractivity contribution in [2.75, 3.05) is 6.61 Å². The number of rotatable bonds is 5. The fraction of sp³-hybridized carbons (Fsp3) is 0.211. The molecule has 4 rings (SSSR count). The Kier molecular flexibility index (Phi) is 3.93. The lowest BCUT2D eigenvalue weighted by molar-refractivity contribution is 0.123. The fourth-order valence-electron chi connectivity index (χ4n) is 2.87. The van der Waals surface area contributed by atoms with E-state index in [0.717, 1.165) is 28.1 Å². The molecule has 25 heavy (non-hydrogen) atoms. The van der Waals surface area contributed by atoms with Gasteiger partial charge in [-0.05, 0) is 18.6 Å². The minimum atomic E-state index is 0.555. The third kappa shape index (κ3) is 2.98. The van der Waals surface area contributed by atoms with Crippen molar-refractivity contribution in [2.45, 2.75) is 13.3 Å². The summed E-state index contributed by atoms with van der Waals surface area (Å²) >= 11 is 0. The number of nitrogens with zero attached hydrogens (tertiary/aromatic N) is 5. The Labute approximate surface area is 145 Å². The monoisotopic (exact) mass is 333 g/mol. The van der Waals surface area contributed by atoms with E-state index in [2.05, 4.69) is 22.2 Å². The molecule has 4 aromatic rings. The van der Waals surface area contributed by atoms with Gasteiger partial charge in [-0.3, -0.25) is 4.68 Å². The Morgan fingerprint density at radius 1 is 1.08 bits per heavy atom. The largest absolute Gasteiger partial charge is 0.411 e. The van der Waals surface area contributed by atoms with Crippen molar-refractivity contribution in [3.8, 4) is 11.1 Å². The number of pyridine rings is 1. The first-order valence-corrected chi connectivity index (χ1v) is 8.28. The van der Waals surface area contributed by atoms with Gasteiger partial charge in [0.1, 0.15) is 12.1 Å². The smallest absolute Gasteiger partial charge is 0.196 e. The van der Waals surface area contributed by atoms with Crippen molar-refractivity contribution in [3.05, 3.63) is 66.4 Å². The van der Waals surface area contributed by atoms with Crippen LogP contribution in [0.2, 0.25) is 0 Å². The van der Waals surface area contributed by atoms with Crippen LogP contribution >= 0.6 is 0 Å².